The summed E-state index contributed by atoms with van der Waals surface area (Å²) in [7, 11) is 2.07. The van der Waals surface area contributed by atoms with E-state index in [-0.39, 0.29) is 11.3 Å². The molecule has 2 heterocycles. The fourth-order valence-electron chi connectivity index (χ4n) is 4.02. The first-order valence-electron chi connectivity index (χ1n) is 9.58. The van der Waals surface area contributed by atoms with Crippen LogP contribution in [0.4, 0.5) is 5.69 Å². The molecule has 2 aliphatic rings. The molecule has 1 amide bonds. The predicted octanol–water partition coefficient (Wildman–Crippen LogP) is 3.28. The Morgan fingerprint density at radius 3 is 2.69 bits per heavy atom. The molecule has 0 spiro atoms. The van der Waals surface area contributed by atoms with Crippen molar-refractivity contribution in [3.63, 3.8) is 0 Å². The molecule has 5 heteroatoms. The number of carbonyl (C=O) groups is 1. The van der Waals surface area contributed by atoms with Crippen LogP contribution in [0.2, 0.25) is 0 Å². The Morgan fingerprint density at radius 1 is 1.23 bits per heavy atom. The van der Waals surface area contributed by atoms with Crippen molar-refractivity contribution in [3.05, 3.63) is 41.6 Å². The number of rotatable bonds is 5. The summed E-state index contributed by atoms with van der Waals surface area (Å²) >= 11 is 0. The molecule has 5 nitrogen and oxygen atoms in total. The van der Waals surface area contributed by atoms with Crippen molar-refractivity contribution in [2.24, 2.45) is 5.10 Å². The third-order valence-corrected chi connectivity index (χ3v) is 5.54. The first-order valence-corrected chi connectivity index (χ1v) is 9.58. The zero-order valence-corrected chi connectivity index (χ0v) is 16.2. The minimum atomic E-state index is -0.0738. The fraction of sp³-hybridized carbons (Fsp3) is 0.524. The first kappa shape index (κ1) is 18.6. The molecule has 140 valence electrons. The Labute approximate surface area is 156 Å². The number of amides is 1. The van der Waals surface area contributed by atoms with Crippen molar-refractivity contribution in [2.75, 3.05) is 31.6 Å². The van der Waals surface area contributed by atoms with Gasteiger partial charge in [-0.3, -0.25) is 4.79 Å². The molecule has 0 saturated carbocycles. The van der Waals surface area contributed by atoms with Gasteiger partial charge < -0.3 is 9.80 Å². The van der Waals surface area contributed by atoms with Gasteiger partial charge in [0.15, 0.2) is 0 Å². The Hall–Kier alpha value is -2.14. The lowest BCUT2D eigenvalue weighted by atomic mass is 9.84. The summed E-state index contributed by atoms with van der Waals surface area (Å²) in [6.07, 6.45) is 8.00. The SMILES string of the molecule is CN1/C(=C\C=N/NC(=O)CCN2CCCCC2)C(C)(C)c2ccccc21. The molecular weight excluding hydrogens is 324 g/mol. The highest BCUT2D eigenvalue weighted by Gasteiger charge is 2.37. The average molecular weight is 354 g/mol. The molecule has 1 N–H and O–H groups in total. The molecule has 0 atom stereocenters. The molecule has 26 heavy (non-hydrogen) atoms. The number of hydrazone groups is 1. The molecule has 3 rings (SSSR count). The number of allylic oxidation sites excluding steroid dienone is 2. The molecule has 0 radical (unpaired) electrons. The number of para-hydroxylation sites is 1. The number of carbonyl (C=O) groups excluding carboxylic acids is 1. The number of benzene rings is 1. The second kappa shape index (κ2) is 8.04. The van der Waals surface area contributed by atoms with Crippen LogP contribution >= 0.6 is 0 Å². The molecule has 2 aliphatic heterocycles. The monoisotopic (exact) mass is 354 g/mol. The van der Waals surface area contributed by atoms with Gasteiger partial charge in [0.05, 0.1) is 0 Å². The number of likely N-dealkylation sites (tertiary alicyclic amines) is 1. The van der Waals surface area contributed by atoms with Gasteiger partial charge in [0.1, 0.15) is 0 Å². The van der Waals surface area contributed by atoms with Gasteiger partial charge >= 0.3 is 0 Å². The van der Waals surface area contributed by atoms with Crippen molar-refractivity contribution in [1.82, 2.24) is 10.3 Å². The fourth-order valence-corrected chi connectivity index (χ4v) is 4.02. The number of nitrogens with zero attached hydrogens (tertiary/aromatic N) is 3. The summed E-state index contributed by atoms with van der Waals surface area (Å²) in [6.45, 7) is 7.49. The lowest BCUT2D eigenvalue weighted by molar-refractivity contribution is -0.121. The smallest absolute Gasteiger partial charge is 0.241 e. The Kier molecular flexibility index (Phi) is 5.77. The quantitative estimate of drug-likeness (QED) is 0.652. The van der Waals surface area contributed by atoms with Crippen LogP contribution in [0, 0.1) is 0 Å². The van der Waals surface area contributed by atoms with Crippen LogP contribution in [0.15, 0.2) is 41.1 Å². The van der Waals surface area contributed by atoms with E-state index in [9.17, 15) is 4.79 Å². The maximum Gasteiger partial charge on any atom is 0.241 e. The van der Waals surface area contributed by atoms with Gasteiger partial charge in [0, 0.05) is 43.0 Å². The first-order chi connectivity index (χ1) is 12.5. The van der Waals surface area contributed by atoms with E-state index in [1.54, 1.807) is 6.21 Å². The summed E-state index contributed by atoms with van der Waals surface area (Å²) in [5.74, 6) is -0.0208. The minimum absolute atomic E-state index is 0.0208. The Balaban J connectivity index is 1.53. The van der Waals surface area contributed by atoms with Crippen LogP contribution in [-0.2, 0) is 10.2 Å². The van der Waals surface area contributed by atoms with Gasteiger partial charge in [0.25, 0.3) is 0 Å². The largest absolute Gasteiger partial charge is 0.347 e. The van der Waals surface area contributed by atoms with E-state index in [1.807, 2.05) is 6.08 Å². The molecule has 1 aromatic carbocycles. The second-order valence-electron chi connectivity index (χ2n) is 7.72. The molecule has 0 aliphatic carbocycles. The van der Waals surface area contributed by atoms with E-state index in [0.29, 0.717) is 6.42 Å². The standard InChI is InChI=1S/C21H30N4O/c1-21(2)17-9-5-6-10-18(17)24(3)19(21)11-13-22-23-20(26)12-16-25-14-7-4-8-15-25/h5-6,9-11,13H,4,7-8,12,14-16H2,1-3H3,(H,23,26)/b19-11-,22-13-. The van der Waals surface area contributed by atoms with Crippen molar-refractivity contribution >= 4 is 17.8 Å². The lowest BCUT2D eigenvalue weighted by Crippen LogP contribution is -2.33. The topological polar surface area (TPSA) is 47.9 Å². The zero-order valence-electron chi connectivity index (χ0n) is 16.2. The van der Waals surface area contributed by atoms with E-state index in [0.717, 1.165) is 19.6 Å². The van der Waals surface area contributed by atoms with E-state index in [1.165, 1.54) is 36.2 Å². The summed E-state index contributed by atoms with van der Waals surface area (Å²) in [5.41, 5.74) is 6.29. The third-order valence-electron chi connectivity index (χ3n) is 5.54. The number of hydrogen-bond donors (Lipinski definition) is 1. The van der Waals surface area contributed by atoms with Gasteiger partial charge in [-0.05, 0) is 43.6 Å². The number of anilines is 1. The van der Waals surface area contributed by atoms with Crippen LogP contribution in [0.3, 0.4) is 0 Å². The maximum atomic E-state index is 12.0. The molecule has 0 aromatic heterocycles. The summed E-state index contributed by atoms with van der Waals surface area (Å²) in [5, 5.41) is 4.12. The van der Waals surface area contributed by atoms with Crippen LogP contribution in [0.5, 0.6) is 0 Å². The maximum absolute atomic E-state index is 12.0. The predicted molar refractivity (Wildman–Crippen MR) is 107 cm³/mol. The summed E-state index contributed by atoms with van der Waals surface area (Å²) < 4.78 is 0. The lowest BCUT2D eigenvalue weighted by Gasteiger charge is -2.25. The van der Waals surface area contributed by atoms with Crippen molar-refractivity contribution in [3.8, 4) is 0 Å². The van der Waals surface area contributed by atoms with Crippen molar-refractivity contribution in [2.45, 2.75) is 44.9 Å². The van der Waals surface area contributed by atoms with Gasteiger partial charge in [-0.25, -0.2) is 5.43 Å². The number of hydrogen-bond acceptors (Lipinski definition) is 4. The second-order valence-corrected chi connectivity index (χ2v) is 7.72. The Bertz CT molecular complexity index is 702. The molecule has 1 aromatic rings. The highest BCUT2D eigenvalue weighted by Crippen LogP contribution is 2.46. The highest BCUT2D eigenvalue weighted by molar-refractivity contribution is 5.81. The van der Waals surface area contributed by atoms with E-state index >= 15 is 0 Å². The van der Waals surface area contributed by atoms with E-state index < -0.39 is 0 Å². The number of nitrogens with one attached hydrogen (secondary N) is 1. The van der Waals surface area contributed by atoms with Gasteiger partial charge in [-0.15, -0.1) is 0 Å². The summed E-state index contributed by atoms with van der Waals surface area (Å²) in [4.78, 5) is 16.5. The van der Waals surface area contributed by atoms with Gasteiger partial charge in [0.2, 0.25) is 5.91 Å². The van der Waals surface area contributed by atoms with Crippen LogP contribution in [-0.4, -0.2) is 43.7 Å². The number of piperidine rings is 1. The normalized spacial score (nSPS) is 21.3. The molecule has 1 fully saturated rings. The average Bonchev–Trinajstić information content (AvgIpc) is 2.85. The third kappa shape index (κ3) is 3.98. The number of likely N-dealkylation sites (N-methyl/N-ethyl adjacent to an activating group) is 1. The van der Waals surface area contributed by atoms with Crippen LogP contribution in [0.25, 0.3) is 0 Å². The zero-order chi connectivity index (χ0) is 18.6. The highest BCUT2D eigenvalue weighted by atomic mass is 16.2. The van der Waals surface area contributed by atoms with Gasteiger partial charge in [-0.1, -0.05) is 38.5 Å². The molecule has 0 bridgehead atoms. The molecule has 1 saturated heterocycles. The van der Waals surface area contributed by atoms with E-state index in [4.69, 9.17) is 0 Å². The van der Waals surface area contributed by atoms with Crippen molar-refractivity contribution < 1.29 is 4.79 Å². The van der Waals surface area contributed by atoms with Crippen LogP contribution < -0.4 is 10.3 Å². The van der Waals surface area contributed by atoms with E-state index in [2.05, 4.69) is 65.5 Å². The minimum Gasteiger partial charge on any atom is -0.347 e. The summed E-state index contributed by atoms with van der Waals surface area (Å²) in [6, 6.07) is 8.45. The number of fused-ring (bicyclic) bond motifs is 1. The van der Waals surface area contributed by atoms with Crippen molar-refractivity contribution in [1.29, 1.82) is 0 Å². The Morgan fingerprint density at radius 2 is 1.96 bits per heavy atom. The molecule has 0 unspecified atom stereocenters. The van der Waals surface area contributed by atoms with Gasteiger partial charge in [-0.2, -0.15) is 5.10 Å². The van der Waals surface area contributed by atoms with Crippen LogP contribution in [0.1, 0.15) is 45.1 Å². The molecular formula is C21H30N4O.